The van der Waals surface area contributed by atoms with Crippen molar-refractivity contribution in [1.29, 1.82) is 0 Å². The number of carbonyl (C=O) groups excluding carboxylic acids is 1. The average Bonchev–Trinajstić information content (AvgIpc) is 2.62. The summed E-state index contributed by atoms with van der Waals surface area (Å²) < 4.78 is 0. The van der Waals surface area contributed by atoms with Crippen LogP contribution in [-0.4, -0.2) is 41.9 Å². The van der Waals surface area contributed by atoms with Crippen LogP contribution < -0.4 is 4.90 Å². The summed E-state index contributed by atoms with van der Waals surface area (Å²) in [6.07, 6.45) is 0. The minimum absolute atomic E-state index is 0.0966. The van der Waals surface area contributed by atoms with Crippen LogP contribution in [-0.2, 0) is 0 Å². The number of halogens is 2. The Hall–Kier alpha value is -2.31. The molecule has 0 radical (unpaired) electrons. The lowest BCUT2D eigenvalue weighted by atomic mass is 10.1. The van der Waals surface area contributed by atoms with E-state index in [9.17, 15) is 14.9 Å². The molecule has 0 saturated carbocycles. The lowest BCUT2D eigenvalue weighted by molar-refractivity contribution is -0.384. The number of non-ortho nitro benzene ring substituents is 1. The van der Waals surface area contributed by atoms with E-state index in [0.717, 1.165) is 5.69 Å². The second-order valence-electron chi connectivity index (χ2n) is 5.68. The highest BCUT2D eigenvalue weighted by molar-refractivity contribution is 6.34. The van der Waals surface area contributed by atoms with E-state index < -0.39 is 4.92 Å². The molecule has 2 aromatic rings. The number of nitro benzene ring substituents is 1. The minimum Gasteiger partial charge on any atom is -0.368 e. The van der Waals surface area contributed by atoms with Gasteiger partial charge >= 0.3 is 0 Å². The SMILES string of the molecule is O=C(c1ccc([N+](=O)[O-])cc1Cl)N1CCN(c2ccc(Cl)cc2)CC1. The number of piperazine rings is 1. The highest BCUT2D eigenvalue weighted by Crippen LogP contribution is 2.25. The zero-order valence-electron chi connectivity index (χ0n) is 13.2. The molecular formula is C17H15Cl2N3O3. The molecule has 0 unspecified atom stereocenters. The number of hydrogen-bond acceptors (Lipinski definition) is 4. The van der Waals surface area contributed by atoms with Crippen molar-refractivity contribution in [2.45, 2.75) is 0 Å². The molecule has 0 spiro atoms. The number of amides is 1. The molecule has 8 heteroatoms. The quantitative estimate of drug-likeness (QED) is 0.599. The highest BCUT2D eigenvalue weighted by atomic mass is 35.5. The number of hydrogen-bond donors (Lipinski definition) is 0. The van der Waals surface area contributed by atoms with Crippen LogP contribution in [0.1, 0.15) is 10.4 Å². The normalized spacial score (nSPS) is 14.5. The lowest BCUT2D eigenvalue weighted by Gasteiger charge is -2.36. The third-order valence-electron chi connectivity index (χ3n) is 4.15. The molecule has 1 aliphatic rings. The zero-order chi connectivity index (χ0) is 18.0. The Morgan fingerprint density at radius 3 is 2.20 bits per heavy atom. The van der Waals surface area contributed by atoms with E-state index in [0.29, 0.717) is 31.2 Å². The standard InChI is InChI=1S/C17H15Cl2N3O3/c18-12-1-3-13(4-2-12)20-7-9-21(10-8-20)17(23)15-6-5-14(22(24)25)11-16(15)19/h1-6,11H,7-10H2. The molecule has 6 nitrogen and oxygen atoms in total. The van der Waals surface area contributed by atoms with Crippen LogP contribution >= 0.6 is 23.2 Å². The van der Waals surface area contributed by atoms with Crippen LogP contribution in [0.5, 0.6) is 0 Å². The van der Waals surface area contributed by atoms with Gasteiger partial charge in [0.2, 0.25) is 0 Å². The summed E-state index contributed by atoms with van der Waals surface area (Å²) in [4.78, 5) is 26.7. The monoisotopic (exact) mass is 379 g/mol. The van der Waals surface area contributed by atoms with Crippen LogP contribution in [0.4, 0.5) is 11.4 Å². The molecule has 1 heterocycles. The van der Waals surface area contributed by atoms with Gasteiger partial charge in [0.1, 0.15) is 0 Å². The summed E-state index contributed by atoms with van der Waals surface area (Å²) in [6.45, 7) is 2.49. The Labute approximate surface area is 154 Å². The van der Waals surface area contributed by atoms with Crippen molar-refractivity contribution in [3.05, 3.63) is 68.2 Å². The van der Waals surface area contributed by atoms with Crippen molar-refractivity contribution >= 4 is 40.5 Å². The van der Waals surface area contributed by atoms with Gasteiger partial charge in [0.15, 0.2) is 0 Å². The molecule has 0 aromatic heterocycles. The molecule has 0 N–H and O–H groups in total. The zero-order valence-corrected chi connectivity index (χ0v) is 14.7. The fraction of sp³-hybridized carbons (Fsp3) is 0.235. The smallest absolute Gasteiger partial charge is 0.270 e. The van der Waals surface area contributed by atoms with Crippen LogP contribution in [0, 0.1) is 10.1 Å². The van der Waals surface area contributed by atoms with Gasteiger partial charge in [-0.2, -0.15) is 0 Å². The van der Waals surface area contributed by atoms with E-state index in [1.54, 1.807) is 4.90 Å². The second kappa shape index (κ2) is 7.29. The van der Waals surface area contributed by atoms with Crippen LogP contribution in [0.3, 0.4) is 0 Å². The van der Waals surface area contributed by atoms with Crippen LogP contribution in [0.15, 0.2) is 42.5 Å². The largest absolute Gasteiger partial charge is 0.368 e. The predicted molar refractivity (Wildman–Crippen MR) is 97.7 cm³/mol. The van der Waals surface area contributed by atoms with E-state index in [1.165, 1.54) is 18.2 Å². The number of anilines is 1. The van der Waals surface area contributed by atoms with Crippen LogP contribution in [0.2, 0.25) is 10.0 Å². The topological polar surface area (TPSA) is 66.7 Å². The van der Waals surface area contributed by atoms with E-state index in [-0.39, 0.29) is 22.2 Å². The Bertz CT molecular complexity index is 803. The van der Waals surface area contributed by atoms with Crippen molar-refractivity contribution < 1.29 is 9.72 Å². The van der Waals surface area contributed by atoms with Crippen molar-refractivity contribution in [3.63, 3.8) is 0 Å². The van der Waals surface area contributed by atoms with Crippen molar-refractivity contribution in [3.8, 4) is 0 Å². The molecule has 1 fully saturated rings. The summed E-state index contributed by atoms with van der Waals surface area (Å²) in [5.74, 6) is -0.212. The van der Waals surface area contributed by atoms with E-state index in [2.05, 4.69) is 4.90 Å². The van der Waals surface area contributed by atoms with E-state index in [4.69, 9.17) is 23.2 Å². The second-order valence-corrected chi connectivity index (χ2v) is 6.52. The third-order valence-corrected chi connectivity index (χ3v) is 4.72. The molecular weight excluding hydrogens is 365 g/mol. The van der Waals surface area contributed by atoms with Gasteiger partial charge in [0.05, 0.1) is 15.5 Å². The lowest BCUT2D eigenvalue weighted by Crippen LogP contribution is -2.48. The fourth-order valence-electron chi connectivity index (χ4n) is 2.78. The van der Waals surface area contributed by atoms with Gasteiger partial charge in [0.25, 0.3) is 11.6 Å². The predicted octanol–water partition coefficient (Wildman–Crippen LogP) is 3.86. The molecule has 1 saturated heterocycles. The first-order valence-corrected chi connectivity index (χ1v) is 8.45. The summed E-state index contributed by atoms with van der Waals surface area (Å²) in [5.41, 5.74) is 1.21. The maximum absolute atomic E-state index is 12.6. The van der Waals surface area contributed by atoms with Gasteiger partial charge in [-0.3, -0.25) is 14.9 Å². The first-order chi connectivity index (χ1) is 12.0. The summed E-state index contributed by atoms with van der Waals surface area (Å²) in [6, 6.07) is 11.5. The molecule has 0 atom stereocenters. The molecule has 130 valence electrons. The maximum atomic E-state index is 12.6. The molecule has 1 aliphatic heterocycles. The highest BCUT2D eigenvalue weighted by Gasteiger charge is 2.24. The Morgan fingerprint density at radius 2 is 1.64 bits per heavy atom. The average molecular weight is 380 g/mol. The van der Waals surface area contributed by atoms with Crippen LogP contribution in [0.25, 0.3) is 0 Å². The molecule has 1 amide bonds. The molecule has 3 rings (SSSR count). The Morgan fingerprint density at radius 1 is 1.00 bits per heavy atom. The van der Waals surface area contributed by atoms with Crippen molar-refractivity contribution in [2.75, 3.05) is 31.1 Å². The first-order valence-electron chi connectivity index (χ1n) is 7.69. The van der Waals surface area contributed by atoms with Gasteiger partial charge in [-0.1, -0.05) is 23.2 Å². The fourth-order valence-corrected chi connectivity index (χ4v) is 3.16. The number of carbonyl (C=O) groups is 1. The van der Waals surface area contributed by atoms with Gasteiger partial charge in [-0.05, 0) is 30.3 Å². The van der Waals surface area contributed by atoms with E-state index in [1.807, 2.05) is 24.3 Å². The molecule has 25 heavy (non-hydrogen) atoms. The number of rotatable bonds is 3. The van der Waals surface area contributed by atoms with Crippen molar-refractivity contribution in [2.24, 2.45) is 0 Å². The van der Waals surface area contributed by atoms with Gasteiger partial charge < -0.3 is 9.80 Å². The third kappa shape index (κ3) is 3.86. The Kier molecular flexibility index (Phi) is 5.11. The van der Waals surface area contributed by atoms with Gasteiger partial charge in [-0.25, -0.2) is 0 Å². The maximum Gasteiger partial charge on any atom is 0.270 e. The van der Waals surface area contributed by atoms with Crippen molar-refractivity contribution in [1.82, 2.24) is 4.90 Å². The summed E-state index contributed by atoms with van der Waals surface area (Å²) >= 11 is 12.0. The number of nitrogens with zero attached hydrogens (tertiary/aromatic N) is 3. The summed E-state index contributed by atoms with van der Waals surface area (Å²) in [5, 5.41) is 11.5. The first kappa shape index (κ1) is 17.5. The van der Waals surface area contributed by atoms with Gasteiger partial charge in [-0.15, -0.1) is 0 Å². The Balaban J connectivity index is 1.67. The molecule has 0 bridgehead atoms. The van der Waals surface area contributed by atoms with Gasteiger partial charge in [0, 0.05) is 49.0 Å². The summed E-state index contributed by atoms with van der Waals surface area (Å²) in [7, 11) is 0. The van der Waals surface area contributed by atoms with E-state index >= 15 is 0 Å². The molecule has 0 aliphatic carbocycles. The number of benzene rings is 2. The molecule has 2 aromatic carbocycles. The number of nitro groups is 1. The minimum atomic E-state index is -0.537.